The van der Waals surface area contributed by atoms with Gasteiger partial charge in [0.2, 0.25) is 12.6 Å². The summed E-state index contributed by atoms with van der Waals surface area (Å²) in [6, 6.07) is 9.67. The number of benzene rings is 2. The Labute approximate surface area is 175 Å². The summed E-state index contributed by atoms with van der Waals surface area (Å²) in [5, 5.41) is 32.6. The highest BCUT2D eigenvalue weighted by molar-refractivity contribution is 5.91. The van der Waals surface area contributed by atoms with Gasteiger partial charge in [0.1, 0.15) is 45.3 Å². The van der Waals surface area contributed by atoms with E-state index in [9.17, 15) is 20.1 Å². The molecular formula is C22H18O9. The predicted molar refractivity (Wildman–Crippen MR) is 107 cm³/mol. The third-order valence-corrected chi connectivity index (χ3v) is 5.49. The normalized spacial score (nSPS) is 21.9. The molecule has 0 spiro atoms. The molecule has 3 unspecified atom stereocenters. The average Bonchev–Trinajstić information content (AvgIpc) is 3.10. The number of aliphatic hydroxyl groups is 2. The molecule has 5 rings (SSSR count). The molecule has 0 fully saturated rings. The molecule has 160 valence electrons. The monoisotopic (exact) mass is 426 g/mol. The number of aliphatic hydroxyl groups excluding tert-OH is 2. The van der Waals surface area contributed by atoms with Crippen LogP contribution in [-0.4, -0.2) is 42.1 Å². The molecular weight excluding hydrogens is 408 g/mol. The zero-order valence-corrected chi connectivity index (χ0v) is 16.5. The van der Waals surface area contributed by atoms with E-state index in [0.717, 1.165) is 0 Å². The number of methoxy groups -OCH3 is 2. The van der Waals surface area contributed by atoms with Crippen LogP contribution in [0.4, 0.5) is 0 Å². The van der Waals surface area contributed by atoms with E-state index >= 15 is 0 Å². The van der Waals surface area contributed by atoms with Crippen LogP contribution >= 0.6 is 0 Å². The fraction of sp³-hybridized carbons (Fsp3) is 0.227. The molecule has 2 aliphatic rings. The molecule has 2 aliphatic heterocycles. The summed E-state index contributed by atoms with van der Waals surface area (Å²) in [5.74, 6) is -0.634. The van der Waals surface area contributed by atoms with Crippen molar-refractivity contribution in [2.45, 2.75) is 18.5 Å². The van der Waals surface area contributed by atoms with Gasteiger partial charge in [0, 0.05) is 0 Å². The van der Waals surface area contributed by atoms with E-state index < -0.39 is 29.9 Å². The Bertz CT molecular complexity index is 1290. The molecule has 0 saturated heterocycles. The minimum Gasteiger partial charge on any atom is -0.506 e. The highest BCUT2D eigenvalue weighted by Crippen LogP contribution is 2.52. The minimum atomic E-state index is -1.60. The van der Waals surface area contributed by atoms with Crippen molar-refractivity contribution in [1.82, 2.24) is 0 Å². The molecule has 9 nitrogen and oxygen atoms in total. The van der Waals surface area contributed by atoms with Gasteiger partial charge in [-0.2, -0.15) is 0 Å². The maximum Gasteiger partial charge on any atom is 0.344 e. The quantitative estimate of drug-likeness (QED) is 0.539. The summed E-state index contributed by atoms with van der Waals surface area (Å²) in [6.45, 7) is 0. The SMILES string of the molecule is COc1cccc2c1C1=C(C(O)O2)C(c2c(O)c3c(OC)cccc3oc2=O)C(O)O1. The maximum atomic E-state index is 12.8. The lowest BCUT2D eigenvalue weighted by atomic mass is 9.88. The van der Waals surface area contributed by atoms with Gasteiger partial charge >= 0.3 is 5.63 Å². The number of fused-ring (bicyclic) bond motifs is 3. The van der Waals surface area contributed by atoms with Crippen LogP contribution in [0.5, 0.6) is 23.0 Å². The van der Waals surface area contributed by atoms with Gasteiger partial charge in [-0.05, 0) is 24.3 Å². The fourth-order valence-corrected chi connectivity index (χ4v) is 4.17. The second-order valence-corrected chi connectivity index (χ2v) is 7.06. The Morgan fingerprint density at radius 3 is 2.42 bits per heavy atom. The molecule has 3 aromatic rings. The van der Waals surface area contributed by atoms with Gasteiger partial charge < -0.3 is 38.7 Å². The molecule has 31 heavy (non-hydrogen) atoms. The maximum absolute atomic E-state index is 12.8. The van der Waals surface area contributed by atoms with Crippen molar-refractivity contribution < 1.29 is 38.7 Å². The molecule has 0 bridgehead atoms. The number of hydrogen-bond donors (Lipinski definition) is 3. The molecule has 0 saturated carbocycles. The second-order valence-electron chi connectivity index (χ2n) is 7.06. The summed E-state index contributed by atoms with van der Waals surface area (Å²) >= 11 is 0. The first-order chi connectivity index (χ1) is 15.0. The van der Waals surface area contributed by atoms with Crippen LogP contribution in [0.3, 0.4) is 0 Å². The van der Waals surface area contributed by atoms with E-state index in [-0.39, 0.29) is 39.4 Å². The topological polar surface area (TPSA) is 128 Å². The molecule has 3 heterocycles. The molecule has 0 aliphatic carbocycles. The minimum absolute atomic E-state index is 0.0707. The van der Waals surface area contributed by atoms with E-state index in [1.807, 2.05) is 0 Å². The number of aromatic hydroxyl groups is 1. The Morgan fingerprint density at radius 2 is 1.68 bits per heavy atom. The molecule has 3 atom stereocenters. The number of rotatable bonds is 3. The van der Waals surface area contributed by atoms with Crippen molar-refractivity contribution in [1.29, 1.82) is 0 Å². The van der Waals surface area contributed by atoms with E-state index in [4.69, 9.17) is 23.4 Å². The molecule has 0 amide bonds. The summed E-state index contributed by atoms with van der Waals surface area (Å²) in [4.78, 5) is 12.8. The molecule has 1 aromatic heterocycles. The van der Waals surface area contributed by atoms with E-state index in [2.05, 4.69) is 0 Å². The van der Waals surface area contributed by atoms with Crippen LogP contribution in [0.1, 0.15) is 17.0 Å². The lowest BCUT2D eigenvalue weighted by Crippen LogP contribution is -2.30. The zero-order valence-electron chi connectivity index (χ0n) is 16.5. The highest BCUT2D eigenvalue weighted by atomic mass is 16.6. The first-order valence-corrected chi connectivity index (χ1v) is 9.39. The fourth-order valence-electron chi connectivity index (χ4n) is 4.17. The Hall–Kier alpha value is -3.69. The van der Waals surface area contributed by atoms with Crippen molar-refractivity contribution in [3.05, 3.63) is 63.5 Å². The van der Waals surface area contributed by atoms with Crippen LogP contribution in [0.15, 0.2) is 51.2 Å². The second kappa shape index (κ2) is 6.93. The third kappa shape index (κ3) is 2.67. The van der Waals surface area contributed by atoms with Crippen LogP contribution < -0.4 is 19.8 Å². The van der Waals surface area contributed by atoms with Gasteiger partial charge in [0.05, 0.1) is 31.3 Å². The van der Waals surface area contributed by atoms with Crippen LogP contribution in [0.2, 0.25) is 0 Å². The largest absolute Gasteiger partial charge is 0.506 e. The Morgan fingerprint density at radius 1 is 0.968 bits per heavy atom. The van der Waals surface area contributed by atoms with Crippen molar-refractivity contribution in [3.63, 3.8) is 0 Å². The molecule has 2 aromatic carbocycles. The molecule has 3 N–H and O–H groups in total. The molecule has 9 heteroatoms. The lowest BCUT2D eigenvalue weighted by Gasteiger charge is -2.26. The van der Waals surface area contributed by atoms with E-state index in [0.29, 0.717) is 11.3 Å². The summed E-state index contributed by atoms with van der Waals surface area (Å²) in [7, 11) is 2.87. The van der Waals surface area contributed by atoms with Crippen molar-refractivity contribution in [2.24, 2.45) is 0 Å². The van der Waals surface area contributed by atoms with Crippen LogP contribution in [0.25, 0.3) is 16.7 Å². The van der Waals surface area contributed by atoms with Gasteiger partial charge in [-0.1, -0.05) is 12.1 Å². The average molecular weight is 426 g/mol. The van der Waals surface area contributed by atoms with Gasteiger partial charge in [-0.15, -0.1) is 0 Å². The van der Waals surface area contributed by atoms with Crippen LogP contribution in [-0.2, 0) is 4.74 Å². The van der Waals surface area contributed by atoms with Gasteiger partial charge in [0.15, 0.2) is 0 Å². The number of hydrogen-bond acceptors (Lipinski definition) is 9. The smallest absolute Gasteiger partial charge is 0.344 e. The summed E-state index contributed by atoms with van der Waals surface area (Å²) in [6.07, 6.45) is -3.14. The van der Waals surface area contributed by atoms with Gasteiger partial charge in [-0.25, -0.2) is 4.79 Å². The van der Waals surface area contributed by atoms with Crippen molar-refractivity contribution in [3.8, 4) is 23.0 Å². The van der Waals surface area contributed by atoms with Crippen molar-refractivity contribution >= 4 is 16.7 Å². The first kappa shape index (κ1) is 19.3. The van der Waals surface area contributed by atoms with Gasteiger partial charge in [-0.3, -0.25) is 0 Å². The third-order valence-electron chi connectivity index (χ3n) is 5.49. The Kier molecular flexibility index (Phi) is 4.31. The predicted octanol–water partition coefficient (Wildman–Crippen LogP) is 2.07. The summed E-state index contributed by atoms with van der Waals surface area (Å²) in [5.41, 5.74) is -0.607. The van der Waals surface area contributed by atoms with E-state index in [1.54, 1.807) is 30.3 Å². The standard InChI is InChI=1S/C22H18O9/c1-27-9-5-3-7-11-13(9)18(23)16(21(25)29-11)15-17-19(31-20(15)24)14-10(28-2)6-4-8-12(14)30-22(17)26/h3-8,15,20,22-24,26H,1-2H3. The molecule has 0 radical (unpaired) electrons. The van der Waals surface area contributed by atoms with Crippen LogP contribution in [0, 0.1) is 0 Å². The zero-order chi connectivity index (χ0) is 21.9. The summed E-state index contributed by atoms with van der Waals surface area (Å²) < 4.78 is 27.2. The Balaban J connectivity index is 1.78. The van der Waals surface area contributed by atoms with Gasteiger partial charge in [0.25, 0.3) is 0 Å². The number of ether oxygens (including phenoxy) is 4. The first-order valence-electron chi connectivity index (χ1n) is 9.39. The highest BCUT2D eigenvalue weighted by Gasteiger charge is 2.48. The lowest BCUT2D eigenvalue weighted by molar-refractivity contribution is -0.0398. The van der Waals surface area contributed by atoms with E-state index in [1.165, 1.54) is 20.3 Å². The van der Waals surface area contributed by atoms with Crippen molar-refractivity contribution in [2.75, 3.05) is 14.2 Å².